The molecule has 0 N–H and O–H groups in total. The Labute approximate surface area is 158 Å². The van der Waals surface area contributed by atoms with Crippen LogP contribution < -0.4 is 4.57 Å². The summed E-state index contributed by atoms with van der Waals surface area (Å²) in [5, 5.41) is 0. The molecular formula is C23H45N2+. The largest absolute Gasteiger partial charge is 0.256 e. The van der Waals surface area contributed by atoms with E-state index in [0.29, 0.717) is 0 Å². The van der Waals surface area contributed by atoms with Gasteiger partial charge in [-0.15, -0.1) is 0 Å². The number of nitrogens with zero attached hydrogens (tertiary/aromatic N) is 2. The highest BCUT2D eigenvalue weighted by atomic mass is 15.1. The molecule has 0 radical (unpaired) electrons. The van der Waals surface area contributed by atoms with E-state index in [2.05, 4.69) is 42.4 Å². The summed E-state index contributed by atoms with van der Waals surface area (Å²) < 4.78 is 4.84. The van der Waals surface area contributed by atoms with Crippen LogP contribution in [0.1, 0.15) is 116 Å². The van der Waals surface area contributed by atoms with Gasteiger partial charge in [0, 0.05) is 6.42 Å². The molecule has 1 heterocycles. The van der Waals surface area contributed by atoms with Gasteiger partial charge in [0.25, 0.3) is 5.82 Å². The van der Waals surface area contributed by atoms with Gasteiger partial charge in [0.15, 0.2) is 0 Å². The molecule has 0 aliphatic rings. The highest BCUT2D eigenvalue weighted by Gasteiger charge is 2.13. The van der Waals surface area contributed by atoms with Crippen LogP contribution in [0.4, 0.5) is 0 Å². The van der Waals surface area contributed by atoms with Gasteiger partial charge in [-0.3, -0.25) is 0 Å². The fourth-order valence-electron chi connectivity index (χ4n) is 3.73. The topological polar surface area (TPSA) is 8.81 Å². The monoisotopic (exact) mass is 349 g/mol. The average Bonchev–Trinajstić information content (AvgIpc) is 2.96. The summed E-state index contributed by atoms with van der Waals surface area (Å²) in [6.45, 7) is 5.79. The van der Waals surface area contributed by atoms with Gasteiger partial charge in [0.2, 0.25) is 0 Å². The second-order valence-corrected chi connectivity index (χ2v) is 7.86. The second kappa shape index (κ2) is 15.5. The number of aromatic nitrogens is 2. The molecule has 0 fully saturated rings. The van der Waals surface area contributed by atoms with Crippen molar-refractivity contribution >= 4 is 0 Å². The van der Waals surface area contributed by atoms with E-state index in [0.717, 1.165) is 0 Å². The average molecular weight is 350 g/mol. The lowest BCUT2D eigenvalue weighted by atomic mass is 10.1. The molecule has 0 atom stereocenters. The molecule has 2 heteroatoms. The molecule has 0 unspecified atom stereocenters. The van der Waals surface area contributed by atoms with Crippen LogP contribution in [0.3, 0.4) is 0 Å². The molecule has 0 aliphatic carbocycles. The predicted molar refractivity (Wildman–Crippen MR) is 110 cm³/mol. The maximum atomic E-state index is 2.50. The van der Waals surface area contributed by atoms with Crippen molar-refractivity contribution < 1.29 is 4.57 Å². The summed E-state index contributed by atoms with van der Waals surface area (Å²) in [7, 11) is 2.21. The number of hydrogen-bond acceptors (Lipinski definition) is 0. The third-order valence-corrected chi connectivity index (χ3v) is 5.47. The van der Waals surface area contributed by atoms with Gasteiger partial charge in [-0.25, -0.2) is 9.13 Å². The standard InChI is InChI=1S/C23H45N2/c1-4-6-8-10-12-13-14-15-17-19-23-24(3)21-22-25(23)20-18-16-11-9-7-5-2/h21-22H,4-20H2,1-3H3/q+1. The third kappa shape index (κ3) is 10.7. The van der Waals surface area contributed by atoms with Gasteiger partial charge in [0.1, 0.15) is 12.4 Å². The third-order valence-electron chi connectivity index (χ3n) is 5.47. The molecule has 0 aliphatic heterocycles. The van der Waals surface area contributed by atoms with Gasteiger partial charge in [-0.1, -0.05) is 90.9 Å². The highest BCUT2D eigenvalue weighted by molar-refractivity contribution is 4.84. The van der Waals surface area contributed by atoms with Crippen LogP contribution in [-0.4, -0.2) is 4.57 Å². The first kappa shape index (κ1) is 22.3. The zero-order valence-corrected chi connectivity index (χ0v) is 17.6. The molecule has 0 bridgehead atoms. The van der Waals surface area contributed by atoms with Gasteiger partial charge in [0.05, 0.1) is 13.6 Å². The van der Waals surface area contributed by atoms with Crippen molar-refractivity contribution in [3.05, 3.63) is 18.2 Å². The molecule has 0 saturated carbocycles. The first-order valence-electron chi connectivity index (χ1n) is 11.3. The van der Waals surface area contributed by atoms with Crippen molar-refractivity contribution in [1.29, 1.82) is 0 Å². The van der Waals surface area contributed by atoms with Gasteiger partial charge in [-0.2, -0.15) is 0 Å². The normalized spacial score (nSPS) is 11.3. The molecular weight excluding hydrogens is 304 g/mol. The summed E-state index contributed by atoms with van der Waals surface area (Å²) in [5.74, 6) is 1.52. The Kier molecular flexibility index (Phi) is 13.8. The van der Waals surface area contributed by atoms with Crippen molar-refractivity contribution in [1.82, 2.24) is 4.57 Å². The smallest absolute Gasteiger partial charge is 0.237 e. The van der Waals surface area contributed by atoms with E-state index in [4.69, 9.17) is 0 Å². The molecule has 0 saturated heterocycles. The van der Waals surface area contributed by atoms with Crippen LogP contribution in [-0.2, 0) is 20.0 Å². The van der Waals surface area contributed by atoms with Crippen LogP contribution in [0.25, 0.3) is 0 Å². The summed E-state index contributed by atoms with van der Waals surface area (Å²) in [5.41, 5.74) is 0. The summed E-state index contributed by atoms with van der Waals surface area (Å²) in [6.07, 6.45) is 26.8. The van der Waals surface area contributed by atoms with E-state index in [1.54, 1.807) is 0 Å². The van der Waals surface area contributed by atoms with Crippen LogP contribution in [0.15, 0.2) is 12.4 Å². The predicted octanol–water partition coefficient (Wildman–Crippen LogP) is 6.75. The minimum Gasteiger partial charge on any atom is -0.237 e. The van der Waals surface area contributed by atoms with Crippen LogP contribution in [0.2, 0.25) is 0 Å². The van der Waals surface area contributed by atoms with Crippen LogP contribution >= 0.6 is 0 Å². The van der Waals surface area contributed by atoms with Crippen molar-refractivity contribution in [2.75, 3.05) is 0 Å². The lowest BCUT2D eigenvalue weighted by Crippen LogP contribution is -2.32. The van der Waals surface area contributed by atoms with E-state index in [9.17, 15) is 0 Å². The van der Waals surface area contributed by atoms with Crippen molar-refractivity contribution in [3.63, 3.8) is 0 Å². The first-order valence-corrected chi connectivity index (χ1v) is 11.3. The van der Waals surface area contributed by atoms with Crippen LogP contribution in [0, 0.1) is 0 Å². The number of imidazole rings is 1. The maximum Gasteiger partial charge on any atom is 0.256 e. The zero-order chi connectivity index (χ0) is 18.2. The van der Waals surface area contributed by atoms with E-state index in [-0.39, 0.29) is 0 Å². The summed E-state index contributed by atoms with van der Waals surface area (Å²) >= 11 is 0. The molecule has 1 aromatic rings. The van der Waals surface area contributed by atoms with Crippen LogP contribution in [0.5, 0.6) is 0 Å². The van der Waals surface area contributed by atoms with Gasteiger partial charge < -0.3 is 0 Å². The maximum absolute atomic E-state index is 2.50. The number of hydrogen-bond donors (Lipinski definition) is 0. The molecule has 0 aromatic carbocycles. The number of aryl methyl sites for hydroxylation is 2. The molecule has 0 amide bonds. The molecule has 146 valence electrons. The fourth-order valence-corrected chi connectivity index (χ4v) is 3.73. The Bertz CT molecular complexity index is 408. The minimum absolute atomic E-state index is 1.21. The van der Waals surface area contributed by atoms with E-state index in [1.807, 2.05) is 0 Å². The summed E-state index contributed by atoms with van der Waals surface area (Å²) in [4.78, 5) is 0. The van der Waals surface area contributed by atoms with E-state index in [1.165, 1.54) is 115 Å². The fraction of sp³-hybridized carbons (Fsp3) is 0.870. The highest BCUT2D eigenvalue weighted by Crippen LogP contribution is 2.12. The van der Waals surface area contributed by atoms with Gasteiger partial charge in [-0.05, 0) is 19.3 Å². The summed E-state index contributed by atoms with van der Waals surface area (Å²) in [6, 6.07) is 0. The van der Waals surface area contributed by atoms with Gasteiger partial charge >= 0.3 is 0 Å². The molecule has 1 aromatic heterocycles. The lowest BCUT2D eigenvalue weighted by molar-refractivity contribution is -0.678. The Balaban J connectivity index is 2.11. The molecule has 0 spiro atoms. The molecule has 1 rings (SSSR count). The number of rotatable bonds is 17. The Morgan fingerprint density at radius 1 is 0.680 bits per heavy atom. The first-order chi connectivity index (χ1) is 12.3. The Hall–Kier alpha value is -0.790. The minimum atomic E-state index is 1.21. The molecule has 2 nitrogen and oxygen atoms in total. The Morgan fingerprint density at radius 2 is 1.16 bits per heavy atom. The second-order valence-electron chi connectivity index (χ2n) is 7.86. The Morgan fingerprint density at radius 3 is 1.72 bits per heavy atom. The zero-order valence-electron chi connectivity index (χ0n) is 17.6. The lowest BCUT2D eigenvalue weighted by Gasteiger charge is -2.04. The van der Waals surface area contributed by atoms with E-state index >= 15 is 0 Å². The molecule has 25 heavy (non-hydrogen) atoms. The van der Waals surface area contributed by atoms with Crippen molar-refractivity contribution in [2.24, 2.45) is 7.05 Å². The SMILES string of the molecule is CCCCCCCCCCCc1n(CCCCCCCC)cc[n+]1C. The van der Waals surface area contributed by atoms with Crippen molar-refractivity contribution in [2.45, 2.75) is 123 Å². The quantitative estimate of drug-likeness (QED) is 0.217. The van der Waals surface area contributed by atoms with E-state index < -0.39 is 0 Å². The van der Waals surface area contributed by atoms with Crippen molar-refractivity contribution in [3.8, 4) is 0 Å². The number of unbranched alkanes of at least 4 members (excludes halogenated alkanes) is 13.